The average molecular weight is 252 g/mol. The summed E-state index contributed by atoms with van der Waals surface area (Å²) in [5, 5.41) is 19.6. The zero-order valence-electron chi connectivity index (χ0n) is 8.79. The Morgan fingerprint density at radius 2 is 2.12 bits per heavy atom. The second kappa shape index (κ2) is 5.74. The lowest BCUT2D eigenvalue weighted by atomic mass is 10.2. The number of benzene rings is 1. The average Bonchev–Trinajstić information content (AvgIpc) is 2.33. The molecule has 0 radical (unpaired) electrons. The van der Waals surface area contributed by atoms with Gasteiger partial charge in [-0.25, -0.2) is 4.39 Å². The van der Waals surface area contributed by atoms with Crippen LogP contribution in [0.3, 0.4) is 0 Å². The summed E-state index contributed by atoms with van der Waals surface area (Å²) in [5.41, 5.74) is -0.104. The Hall–Kier alpha value is -2.24. The van der Waals surface area contributed by atoms with Gasteiger partial charge in [0, 0.05) is 6.20 Å². The van der Waals surface area contributed by atoms with Crippen molar-refractivity contribution >= 4 is 17.3 Å². The molecule has 0 saturated carbocycles. The SMILES string of the molecule is COc1c(Cl)ccc(NC=C(C#N)C#N)c1F. The molecule has 6 heteroatoms. The summed E-state index contributed by atoms with van der Waals surface area (Å²) in [7, 11) is 1.29. The van der Waals surface area contributed by atoms with Gasteiger partial charge in [0.25, 0.3) is 0 Å². The van der Waals surface area contributed by atoms with Gasteiger partial charge >= 0.3 is 0 Å². The highest BCUT2D eigenvalue weighted by Crippen LogP contribution is 2.32. The fourth-order valence-electron chi connectivity index (χ4n) is 1.07. The van der Waals surface area contributed by atoms with Crippen LogP contribution in [0.2, 0.25) is 5.02 Å². The molecule has 1 aromatic rings. The second-order valence-electron chi connectivity index (χ2n) is 2.87. The molecule has 0 heterocycles. The maximum atomic E-state index is 13.7. The van der Waals surface area contributed by atoms with Gasteiger partial charge in [-0.1, -0.05) is 11.6 Å². The van der Waals surface area contributed by atoms with Crippen LogP contribution < -0.4 is 10.1 Å². The number of nitrogens with zero attached hydrogens (tertiary/aromatic N) is 2. The minimum atomic E-state index is -0.688. The smallest absolute Gasteiger partial charge is 0.189 e. The fraction of sp³-hybridized carbons (Fsp3) is 0.0909. The van der Waals surface area contributed by atoms with Gasteiger partial charge in [0.2, 0.25) is 0 Å². The fourth-order valence-corrected chi connectivity index (χ4v) is 1.29. The van der Waals surface area contributed by atoms with Crippen molar-refractivity contribution in [3.63, 3.8) is 0 Å². The molecule has 0 spiro atoms. The van der Waals surface area contributed by atoms with Crippen LogP contribution in [0.15, 0.2) is 23.9 Å². The molecule has 0 amide bonds. The molecule has 1 N–H and O–H groups in total. The summed E-state index contributed by atoms with van der Waals surface area (Å²) in [6.45, 7) is 0. The lowest BCUT2D eigenvalue weighted by Gasteiger charge is -2.08. The van der Waals surface area contributed by atoms with Crippen molar-refractivity contribution in [2.24, 2.45) is 0 Å². The van der Waals surface area contributed by atoms with E-state index in [9.17, 15) is 4.39 Å². The van der Waals surface area contributed by atoms with E-state index in [1.165, 1.54) is 19.2 Å². The van der Waals surface area contributed by atoms with E-state index in [0.717, 1.165) is 6.20 Å². The van der Waals surface area contributed by atoms with E-state index >= 15 is 0 Å². The zero-order chi connectivity index (χ0) is 12.8. The first-order chi connectivity index (χ1) is 8.13. The number of methoxy groups -OCH3 is 1. The van der Waals surface area contributed by atoms with Gasteiger partial charge < -0.3 is 10.1 Å². The third-order valence-electron chi connectivity index (χ3n) is 1.87. The summed E-state index contributed by atoms with van der Waals surface area (Å²) < 4.78 is 18.5. The van der Waals surface area contributed by atoms with Crippen molar-refractivity contribution in [3.8, 4) is 17.9 Å². The Bertz CT molecular complexity index is 527. The lowest BCUT2D eigenvalue weighted by molar-refractivity contribution is 0.388. The van der Waals surface area contributed by atoms with Crippen molar-refractivity contribution in [1.29, 1.82) is 10.5 Å². The van der Waals surface area contributed by atoms with Gasteiger partial charge in [-0.15, -0.1) is 0 Å². The summed E-state index contributed by atoms with van der Waals surface area (Å²) >= 11 is 5.71. The van der Waals surface area contributed by atoms with Crippen LogP contribution in [-0.4, -0.2) is 7.11 Å². The minimum absolute atomic E-state index is 0.0641. The molecule has 86 valence electrons. The summed E-state index contributed by atoms with van der Waals surface area (Å²) in [6.07, 6.45) is 1.10. The molecule has 0 saturated heterocycles. The van der Waals surface area contributed by atoms with E-state index < -0.39 is 5.82 Å². The number of nitrogens with one attached hydrogen (secondary N) is 1. The molecule has 0 aliphatic carbocycles. The van der Waals surface area contributed by atoms with Gasteiger partial charge in [0.15, 0.2) is 11.6 Å². The topological polar surface area (TPSA) is 68.8 Å². The minimum Gasteiger partial charge on any atom is -0.492 e. The normalized spacial score (nSPS) is 8.76. The molecule has 0 fully saturated rings. The van der Waals surface area contributed by atoms with Crippen LogP contribution >= 0.6 is 11.6 Å². The van der Waals surface area contributed by atoms with Crippen molar-refractivity contribution in [1.82, 2.24) is 0 Å². The van der Waals surface area contributed by atoms with Crippen LogP contribution in [0, 0.1) is 28.5 Å². The Kier molecular flexibility index (Phi) is 4.33. The number of nitriles is 2. The molecule has 0 atom stereocenters. The van der Waals surface area contributed by atoms with E-state index in [0.29, 0.717) is 0 Å². The molecule has 0 aliphatic heterocycles. The molecule has 0 aliphatic rings. The van der Waals surface area contributed by atoms with Crippen molar-refractivity contribution < 1.29 is 9.13 Å². The number of rotatable bonds is 3. The van der Waals surface area contributed by atoms with Crippen LogP contribution in [-0.2, 0) is 0 Å². The Labute approximate surface area is 102 Å². The first-order valence-corrected chi connectivity index (χ1v) is 4.80. The maximum absolute atomic E-state index is 13.7. The Balaban J connectivity index is 3.07. The molecule has 4 nitrogen and oxygen atoms in total. The standard InChI is InChI=1S/C11H7ClFN3O/c1-17-11-8(12)2-3-9(10(11)13)16-6-7(4-14)5-15/h2-3,6,16H,1H3. The number of allylic oxidation sites excluding steroid dienone is 1. The molecule has 1 rings (SSSR count). The second-order valence-corrected chi connectivity index (χ2v) is 3.28. The summed E-state index contributed by atoms with van der Waals surface area (Å²) in [5.74, 6) is -0.785. The largest absolute Gasteiger partial charge is 0.492 e. The predicted octanol–water partition coefficient (Wildman–Crippen LogP) is 2.83. The van der Waals surface area contributed by atoms with Gasteiger partial charge in [0.1, 0.15) is 17.7 Å². The van der Waals surface area contributed by atoms with E-state index in [4.69, 9.17) is 26.9 Å². The highest BCUT2D eigenvalue weighted by Gasteiger charge is 2.12. The predicted molar refractivity (Wildman–Crippen MR) is 60.9 cm³/mol. The summed E-state index contributed by atoms with van der Waals surface area (Å²) in [4.78, 5) is 0. The van der Waals surface area contributed by atoms with Crippen LogP contribution in [0.5, 0.6) is 5.75 Å². The molecule has 1 aromatic carbocycles. The molecule has 0 aromatic heterocycles. The van der Waals surface area contributed by atoms with E-state index in [1.807, 2.05) is 0 Å². The van der Waals surface area contributed by atoms with E-state index in [1.54, 1.807) is 12.1 Å². The van der Waals surface area contributed by atoms with Crippen LogP contribution in [0.25, 0.3) is 0 Å². The monoisotopic (exact) mass is 251 g/mol. The van der Waals surface area contributed by atoms with E-state index in [-0.39, 0.29) is 22.0 Å². The van der Waals surface area contributed by atoms with Crippen LogP contribution in [0.4, 0.5) is 10.1 Å². The van der Waals surface area contributed by atoms with Crippen LogP contribution in [0.1, 0.15) is 0 Å². The Morgan fingerprint density at radius 1 is 1.47 bits per heavy atom. The molecule has 0 unspecified atom stereocenters. The van der Waals surface area contributed by atoms with Gasteiger partial charge in [-0.05, 0) is 12.1 Å². The third-order valence-corrected chi connectivity index (χ3v) is 2.16. The highest BCUT2D eigenvalue weighted by atomic mass is 35.5. The van der Waals surface area contributed by atoms with Crippen molar-refractivity contribution in [2.45, 2.75) is 0 Å². The third kappa shape index (κ3) is 2.87. The number of hydrogen-bond acceptors (Lipinski definition) is 4. The highest BCUT2D eigenvalue weighted by molar-refractivity contribution is 6.32. The maximum Gasteiger partial charge on any atom is 0.189 e. The van der Waals surface area contributed by atoms with Crippen molar-refractivity contribution in [3.05, 3.63) is 34.7 Å². The van der Waals surface area contributed by atoms with Gasteiger partial charge in [0.05, 0.1) is 17.8 Å². The molecular weight excluding hydrogens is 245 g/mol. The Morgan fingerprint density at radius 3 is 2.65 bits per heavy atom. The van der Waals surface area contributed by atoms with Gasteiger partial charge in [-0.3, -0.25) is 0 Å². The number of ether oxygens (including phenoxy) is 1. The lowest BCUT2D eigenvalue weighted by Crippen LogP contribution is -1.97. The van der Waals surface area contributed by atoms with Crippen molar-refractivity contribution in [2.75, 3.05) is 12.4 Å². The zero-order valence-corrected chi connectivity index (χ0v) is 9.55. The first kappa shape index (κ1) is 12.8. The molecular formula is C11H7ClFN3O. The number of halogens is 2. The van der Waals surface area contributed by atoms with E-state index in [2.05, 4.69) is 5.32 Å². The summed E-state index contributed by atoms with van der Waals surface area (Å²) in [6, 6.07) is 6.10. The number of hydrogen-bond donors (Lipinski definition) is 1. The number of anilines is 1. The van der Waals surface area contributed by atoms with Gasteiger partial charge in [-0.2, -0.15) is 10.5 Å². The molecule has 0 bridgehead atoms. The quantitative estimate of drug-likeness (QED) is 0.839. The molecule has 17 heavy (non-hydrogen) atoms. The first-order valence-electron chi connectivity index (χ1n) is 4.43.